The highest BCUT2D eigenvalue weighted by molar-refractivity contribution is 6.08. The van der Waals surface area contributed by atoms with Gasteiger partial charge in [-0.2, -0.15) is 0 Å². The molecule has 1 aromatic rings. The molecule has 2 aliphatic carbocycles. The lowest BCUT2D eigenvalue weighted by Crippen LogP contribution is -2.53. The van der Waals surface area contributed by atoms with E-state index in [4.69, 9.17) is 4.74 Å². The molecule has 0 bridgehead atoms. The molecular weight excluding hydrogens is 518 g/mol. The molecule has 2 unspecified atom stereocenters. The summed E-state index contributed by atoms with van der Waals surface area (Å²) >= 11 is 0. The molecule has 8 heteroatoms. The predicted molar refractivity (Wildman–Crippen MR) is 160 cm³/mol. The molecule has 2 saturated carbocycles. The molecule has 0 aromatic heterocycles. The van der Waals surface area contributed by atoms with E-state index in [0.717, 1.165) is 51.4 Å². The first-order valence-electron chi connectivity index (χ1n) is 15.7. The highest BCUT2D eigenvalue weighted by Gasteiger charge is 2.35. The molecule has 2 N–H and O–H groups in total. The van der Waals surface area contributed by atoms with Crippen molar-refractivity contribution in [1.29, 1.82) is 0 Å². The fraction of sp³-hybridized carbons (Fsp3) is 0.697. The van der Waals surface area contributed by atoms with Gasteiger partial charge in [0.15, 0.2) is 0 Å². The Morgan fingerprint density at radius 1 is 0.756 bits per heavy atom. The summed E-state index contributed by atoms with van der Waals surface area (Å²) in [5.41, 5.74) is 0.666. The fourth-order valence-electron chi connectivity index (χ4n) is 6.39. The summed E-state index contributed by atoms with van der Waals surface area (Å²) in [5, 5.41) is 5.70. The largest absolute Gasteiger partial charge is 0.467 e. The number of esters is 1. The summed E-state index contributed by atoms with van der Waals surface area (Å²) in [6.07, 6.45) is 11.7. The van der Waals surface area contributed by atoms with Crippen molar-refractivity contribution in [1.82, 2.24) is 15.5 Å². The Kier molecular flexibility index (Phi) is 12.7. The minimum Gasteiger partial charge on any atom is -0.467 e. The van der Waals surface area contributed by atoms with Crippen LogP contribution in [0, 0.1) is 11.8 Å². The average Bonchev–Trinajstić information content (AvgIpc) is 2.96. The van der Waals surface area contributed by atoms with Crippen molar-refractivity contribution in [3.05, 3.63) is 35.4 Å². The molecule has 8 nitrogen and oxygen atoms in total. The van der Waals surface area contributed by atoms with Gasteiger partial charge in [-0.25, -0.2) is 4.79 Å². The second kappa shape index (κ2) is 15.9. The number of hydrogen-bond donors (Lipinski definition) is 2. The SMILES string of the molecule is COC(=O)C(CC(C)C)NC(=O)C(CC(C)C)NC(=O)c1ccccc1C(=O)N(C1CCCCC1)C1CCCCC1. The van der Waals surface area contributed by atoms with E-state index < -0.39 is 29.9 Å². The fourth-order valence-corrected chi connectivity index (χ4v) is 6.39. The molecule has 0 aliphatic heterocycles. The molecule has 2 atom stereocenters. The van der Waals surface area contributed by atoms with Crippen LogP contribution in [0.25, 0.3) is 0 Å². The molecule has 0 spiro atoms. The Morgan fingerprint density at radius 2 is 1.24 bits per heavy atom. The van der Waals surface area contributed by atoms with E-state index >= 15 is 0 Å². The standard InChI is InChI=1S/C33H51N3O5/c1-22(2)20-28(31(38)35-29(21-23(3)4)33(40)41-5)34-30(37)26-18-12-13-19-27(26)32(39)36(24-14-8-6-9-15-24)25-16-10-7-11-17-25/h12-13,18-19,22-25,28-29H,6-11,14-17,20-21H2,1-5H3,(H,34,37)(H,35,38). The van der Waals surface area contributed by atoms with Crippen LogP contribution in [0.1, 0.15) is 125 Å². The lowest BCUT2D eigenvalue weighted by Gasteiger charge is -2.42. The molecule has 3 rings (SSSR count). The van der Waals surface area contributed by atoms with E-state index in [2.05, 4.69) is 15.5 Å². The number of methoxy groups -OCH3 is 1. The molecule has 1 aromatic carbocycles. The summed E-state index contributed by atoms with van der Waals surface area (Å²) < 4.78 is 4.91. The van der Waals surface area contributed by atoms with Crippen molar-refractivity contribution in [3.63, 3.8) is 0 Å². The van der Waals surface area contributed by atoms with Crippen LogP contribution < -0.4 is 10.6 Å². The smallest absolute Gasteiger partial charge is 0.328 e. The van der Waals surface area contributed by atoms with Crippen LogP contribution in [-0.2, 0) is 14.3 Å². The van der Waals surface area contributed by atoms with Crippen LogP contribution in [-0.4, -0.2) is 59.9 Å². The maximum atomic E-state index is 14.2. The topological polar surface area (TPSA) is 105 Å². The average molecular weight is 570 g/mol. The highest BCUT2D eigenvalue weighted by Crippen LogP contribution is 2.32. The van der Waals surface area contributed by atoms with E-state index in [-0.39, 0.29) is 35.4 Å². The number of carbonyl (C=O) groups excluding carboxylic acids is 4. The van der Waals surface area contributed by atoms with Crippen LogP contribution in [0.15, 0.2) is 24.3 Å². The highest BCUT2D eigenvalue weighted by atomic mass is 16.5. The summed E-state index contributed by atoms with van der Waals surface area (Å²) in [6.45, 7) is 7.88. The van der Waals surface area contributed by atoms with E-state index in [1.807, 2.05) is 27.7 Å². The maximum absolute atomic E-state index is 14.2. The van der Waals surface area contributed by atoms with Gasteiger partial charge >= 0.3 is 5.97 Å². The molecule has 0 radical (unpaired) electrons. The quantitative estimate of drug-likeness (QED) is 0.317. The van der Waals surface area contributed by atoms with Crippen LogP contribution in [0.2, 0.25) is 0 Å². The first-order chi connectivity index (χ1) is 19.6. The zero-order chi connectivity index (χ0) is 29.9. The number of rotatable bonds is 12. The van der Waals surface area contributed by atoms with Crippen LogP contribution in [0.3, 0.4) is 0 Å². The molecular formula is C33H51N3O5. The van der Waals surface area contributed by atoms with Crippen molar-refractivity contribution in [2.75, 3.05) is 7.11 Å². The van der Waals surface area contributed by atoms with E-state index in [1.54, 1.807) is 24.3 Å². The zero-order valence-corrected chi connectivity index (χ0v) is 25.7. The molecule has 228 valence electrons. The minimum atomic E-state index is -0.863. The number of hydrogen-bond acceptors (Lipinski definition) is 5. The predicted octanol–water partition coefficient (Wildman–Crippen LogP) is 5.64. The second-order valence-electron chi connectivity index (χ2n) is 12.7. The Morgan fingerprint density at radius 3 is 1.73 bits per heavy atom. The van der Waals surface area contributed by atoms with Crippen molar-refractivity contribution in [3.8, 4) is 0 Å². The summed E-state index contributed by atoms with van der Waals surface area (Å²) in [7, 11) is 1.30. The normalized spacial score (nSPS) is 18.0. The summed E-state index contributed by atoms with van der Waals surface area (Å²) in [5.74, 6) is -1.21. The first kappa shape index (κ1) is 32.6. The lowest BCUT2D eigenvalue weighted by molar-refractivity contribution is -0.145. The van der Waals surface area contributed by atoms with Crippen LogP contribution in [0.4, 0.5) is 0 Å². The van der Waals surface area contributed by atoms with Gasteiger partial charge in [0.25, 0.3) is 11.8 Å². The van der Waals surface area contributed by atoms with Crippen LogP contribution in [0.5, 0.6) is 0 Å². The van der Waals surface area contributed by atoms with E-state index in [0.29, 0.717) is 18.4 Å². The third-order valence-corrected chi connectivity index (χ3v) is 8.41. The Hall–Kier alpha value is -2.90. The van der Waals surface area contributed by atoms with Gasteiger partial charge in [0.05, 0.1) is 18.2 Å². The number of carbonyl (C=O) groups is 4. The number of nitrogens with zero attached hydrogens (tertiary/aromatic N) is 1. The number of ether oxygens (including phenoxy) is 1. The van der Waals surface area contributed by atoms with Gasteiger partial charge in [0.1, 0.15) is 12.1 Å². The second-order valence-corrected chi connectivity index (χ2v) is 12.7. The van der Waals surface area contributed by atoms with Gasteiger partial charge in [-0.1, -0.05) is 78.4 Å². The Balaban J connectivity index is 1.85. The van der Waals surface area contributed by atoms with Gasteiger partial charge in [0.2, 0.25) is 5.91 Å². The first-order valence-corrected chi connectivity index (χ1v) is 15.7. The molecule has 0 saturated heterocycles. The Bertz CT molecular complexity index is 1010. The van der Waals surface area contributed by atoms with Crippen molar-refractivity contribution in [2.45, 2.75) is 129 Å². The third kappa shape index (κ3) is 9.30. The van der Waals surface area contributed by atoms with Gasteiger partial charge in [-0.15, -0.1) is 0 Å². The Labute approximate surface area is 246 Å². The van der Waals surface area contributed by atoms with Crippen molar-refractivity contribution < 1.29 is 23.9 Å². The molecule has 3 amide bonds. The molecule has 2 aliphatic rings. The number of benzene rings is 1. The lowest BCUT2D eigenvalue weighted by atomic mass is 9.87. The van der Waals surface area contributed by atoms with Gasteiger partial charge in [0, 0.05) is 12.1 Å². The number of nitrogens with one attached hydrogen (secondary N) is 2. The van der Waals surface area contributed by atoms with Crippen molar-refractivity contribution >= 4 is 23.7 Å². The van der Waals surface area contributed by atoms with E-state index in [1.165, 1.54) is 20.0 Å². The van der Waals surface area contributed by atoms with Gasteiger partial charge < -0.3 is 20.3 Å². The van der Waals surface area contributed by atoms with Gasteiger partial charge in [-0.3, -0.25) is 14.4 Å². The van der Waals surface area contributed by atoms with Crippen LogP contribution >= 0.6 is 0 Å². The third-order valence-electron chi connectivity index (χ3n) is 8.41. The van der Waals surface area contributed by atoms with Crippen molar-refractivity contribution in [2.24, 2.45) is 11.8 Å². The summed E-state index contributed by atoms with van der Waals surface area (Å²) in [4.78, 5) is 55.8. The molecule has 2 fully saturated rings. The monoisotopic (exact) mass is 569 g/mol. The van der Waals surface area contributed by atoms with E-state index in [9.17, 15) is 19.2 Å². The zero-order valence-electron chi connectivity index (χ0n) is 25.7. The maximum Gasteiger partial charge on any atom is 0.328 e. The minimum absolute atomic E-state index is 0.0814. The number of amides is 3. The molecule has 41 heavy (non-hydrogen) atoms. The summed E-state index contributed by atoms with van der Waals surface area (Å²) in [6, 6.07) is 5.70. The molecule has 0 heterocycles. The van der Waals surface area contributed by atoms with Gasteiger partial charge in [-0.05, 0) is 62.5 Å².